The second-order valence-corrected chi connectivity index (χ2v) is 5.15. The minimum atomic E-state index is -0.0667. The topological polar surface area (TPSA) is 51.4 Å². The van der Waals surface area contributed by atoms with E-state index in [-0.39, 0.29) is 6.10 Å². The van der Waals surface area contributed by atoms with Gasteiger partial charge < -0.3 is 14.2 Å². The molecule has 0 spiro atoms. The second kappa shape index (κ2) is 6.15. The van der Waals surface area contributed by atoms with Crippen LogP contribution in [0.5, 0.6) is 0 Å². The number of rotatable bonds is 4. The van der Waals surface area contributed by atoms with Crippen LogP contribution in [-0.2, 0) is 17.6 Å². The lowest BCUT2D eigenvalue weighted by Gasteiger charge is -2.27. The molecule has 0 bridgehead atoms. The summed E-state index contributed by atoms with van der Waals surface area (Å²) in [7, 11) is 2.08. The molecule has 0 N–H and O–H groups in total. The minimum Gasteiger partial charge on any atom is -0.367 e. The van der Waals surface area contributed by atoms with E-state index in [1.165, 1.54) is 5.56 Å². The number of aryl methyl sites for hydroxylation is 2. The van der Waals surface area contributed by atoms with E-state index in [0.29, 0.717) is 11.7 Å². The summed E-state index contributed by atoms with van der Waals surface area (Å²) in [6.45, 7) is 2.49. The maximum Gasteiger partial charge on any atom is 0.227 e. The van der Waals surface area contributed by atoms with Gasteiger partial charge in [-0.1, -0.05) is 35.5 Å². The van der Waals surface area contributed by atoms with Gasteiger partial charge in [-0.15, -0.1) is 0 Å². The van der Waals surface area contributed by atoms with Crippen LogP contribution in [0.2, 0.25) is 0 Å². The Morgan fingerprint density at radius 2 is 2.10 bits per heavy atom. The van der Waals surface area contributed by atoms with Crippen LogP contribution in [0.3, 0.4) is 0 Å². The predicted molar refractivity (Wildman–Crippen MR) is 74.3 cm³/mol. The van der Waals surface area contributed by atoms with Gasteiger partial charge in [-0.2, -0.15) is 4.98 Å². The molecule has 0 saturated carbocycles. The van der Waals surface area contributed by atoms with Crippen molar-refractivity contribution in [1.29, 1.82) is 0 Å². The average Bonchev–Trinajstić information content (AvgIpc) is 2.95. The molecule has 1 aromatic heterocycles. The summed E-state index contributed by atoms with van der Waals surface area (Å²) < 4.78 is 11.0. The van der Waals surface area contributed by atoms with Gasteiger partial charge in [0.25, 0.3) is 0 Å². The fourth-order valence-corrected chi connectivity index (χ4v) is 2.33. The predicted octanol–water partition coefficient (Wildman–Crippen LogP) is 1.86. The Hall–Kier alpha value is -1.72. The number of ether oxygens (including phenoxy) is 1. The summed E-state index contributed by atoms with van der Waals surface area (Å²) in [5.41, 5.74) is 1.28. The number of aromatic nitrogens is 2. The summed E-state index contributed by atoms with van der Waals surface area (Å²) in [5.74, 6) is 1.35. The Morgan fingerprint density at radius 3 is 2.90 bits per heavy atom. The lowest BCUT2D eigenvalue weighted by atomic mass is 10.1. The second-order valence-electron chi connectivity index (χ2n) is 5.15. The van der Waals surface area contributed by atoms with E-state index in [2.05, 4.69) is 34.2 Å². The molecule has 1 atom stereocenters. The van der Waals surface area contributed by atoms with Gasteiger partial charge in [0.1, 0.15) is 6.10 Å². The fourth-order valence-electron chi connectivity index (χ4n) is 2.33. The zero-order chi connectivity index (χ0) is 13.8. The molecular formula is C15H19N3O2. The Balaban J connectivity index is 1.59. The Kier molecular flexibility index (Phi) is 4.08. The van der Waals surface area contributed by atoms with Crippen LogP contribution in [0.1, 0.15) is 23.4 Å². The van der Waals surface area contributed by atoms with Crippen molar-refractivity contribution in [3.8, 4) is 0 Å². The molecule has 20 heavy (non-hydrogen) atoms. The zero-order valence-corrected chi connectivity index (χ0v) is 11.7. The van der Waals surface area contributed by atoms with Gasteiger partial charge in [0.05, 0.1) is 6.61 Å². The molecule has 1 aliphatic rings. The van der Waals surface area contributed by atoms with E-state index < -0.39 is 0 Å². The van der Waals surface area contributed by atoms with Gasteiger partial charge in [-0.3, -0.25) is 0 Å². The SMILES string of the molecule is CN1CCO[C@H](c2noc(CCc3ccccc3)n2)C1. The lowest BCUT2D eigenvalue weighted by Crippen LogP contribution is -2.35. The molecule has 2 heterocycles. The van der Waals surface area contributed by atoms with Gasteiger partial charge in [0, 0.05) is 19.5 Å². The van der Waals surface area contributed by atoms with Crippen molar-refractivity contribution >= 4 is 0 Å². The molecule has 106 valence electrons. The van der Waals surface area contributed by atoms with Crippen molar-refractivity contribution in [3.05, 3.63) is 47.6 Å². The van der Waals surface area contributed by atoms with Crippen LogP contribution in [0, 0.1) is 0 Å². The van der Waals surface area contributed by atoms with Crippen molar-refractivity contribution in [3.63, 3.8) is 0 Å². The van der Waals surface area contributed by atoms with Crippen molar-refractivity contribution in [1.82, 2.24) is 15.0 Å². The Labute approximate surface area is 118 Å². The van der Waals surface area contributed by atoms with Gasteiger partial charge in [0.2, 0.25) is 11.7 Å². The first-order chi connectivity index (χ1) is 9.81. The van der Waals surface area contributed by atoms with E-state index >= 15 is 0 Å². The first-order valence-corrected chi connectivity index (χ1v) is 6.98. The minimum absolute atomic E-state index is 0.0667. The van der Waals surface area contributed by atoms with Crippen LogP contribution < -0.4 is 0 Å². The standard InChI is InChI=1S/C15H19N3O2/c1-18-9-10-19-13(11-18)15-16-14(20-17-15)8-7-12-5-3-2-4-6-12/h2-6,13H,7-11H2,1H3/t13-/m0/s1. The molecule has 3 rings (SSSR count). The van der Waals surface area contributed by atoms with Crippen LogP contribution in [0.15, 0.2) is 34.9 Å². The lowest BCUT2D eigenvalue weighted by molar-refractivity contribution is -0.0264. The first-order valence-electron chi connectivity index (χ1n) is 6.98. The van der Waals surface area contributed by atoms with E-state index in [1.807, 2.05) is 18.2 Å². The zero-order valence-electron chi connectivity index (χ0n) is 11.7. The van der Waals surface area contributed by atoms with Crippen molar-refractivity contribution in [2.75, 3.05) is 26.7 Å². The summed E-state index contributed by atoms with van der Waals surface area (Å²) in [6, 6.07) is 10.3. The third kappa shape index (κ3) is 3.23. The number of benzene rings is 1. The largest absolute Gasteiger partial charge is 0.367 e. The molecule has 1 saturated heterocycles. The highest BCUT2D eigenvalue weighted by Crippen LogP contribution is 2.19. The summed E-state index contributed by atoms with van der Waals surface area (Å²) in [5, 5.41) is 4.05. The highest BCUT2D eigenvalue weighted by molar-refractivity contribution is 5.15. The molecule has 1 aliphatic heterocycles. The maximum absolute atomic E-state index is 5.68. The smallest absolute Gasteiger partial charge is 0.227 e. The van der Waals surface area contributed by atoms with Crippen LogP contribution >= 0.6 is 0 Å². The van der Waals surface area contributed by atoms with Gasteiger partial charge >= 0.3 is 0 Å². The monoisotopic (exact) mass is 273 g/mol. The maximum atomic E-state index is 5.68. The summed E-state index contributed by atoms with van der Waals surface area (Å²) in [4.78, 5) is 6.67. The number of nitrogens with zero attached hydrogens (tertiary/aromatic N) is 3. The van der Waals surface area contributed by atoms with Gasteiger partial charge in [-0.05, 0) is 19.0 Å². The van der Waals surface area contributed by atoms with Crippen LogP contribution in [0.25, 0.3) is 0 Å². The average molecular weight is 273 g/mol. The number of morpholine rings is 1. The van der Waals surface area contributed by atoms with Gasteiger partial charge in [-0.25, -0.2) is 0 Å². The Bertz CT molecular complexity index is 541. The number of hydrogen-bond acceptors (Lipinski definition) is 5. The fraction of sp³-hybridized carbons (Fsp3) is 0.467. The summed E-state index contributed by atoms with van der Waals surface area (Å²) >= 11 is 0. The molecule has 1 fully saturated rings. The molecule has 1 aromatic carbocycles. The quantitative estimate of drug-likeness (QED) is 0.851. The van der Waals surface area contributed by atoms with Crippen LogP contribution in [-0.4, -0.2) is 41.8 Å². The van der Waals surface area contributed by atoms with Crippen molar-refractivity contribution in [2.24, 2.45) is 0 Å². The van der Waals surface area contributed by atoms with E-state index in [0.717, 1.165) is 32.5 Å². The molecule has 2 aromatic rings. The third-order valence-electron chi connectivity index (χ3n) is 3.51. The summed E-state index contributed by atoms with van der Waals surface area (Å²) in [6.07, 6.45) is 1.61. The first kappa shape index (κ1) is 13.3. The number of hydrogen-bond donors (Lipinski definition) is 0. The van der Waals surface area contributed by atoms with E-state index in [1.54, 1.807) is 0 Å². The molecule has 0 unspecified atom stereocenters. The van der Waals surface area contributed by atoms with Crippen LogP contribution in [0.4, 0.5) is 0 Å². The molecule has 0 aliphatic carbocycles. The molecular weight excluding hydrogens is 254 g/mol. The van der Waals surface area contributed by atoms with Gasteiger partial charge in [0.15, 0.2) is 0 Å². The Morgan fingerprint density at radius 1 is 1.25 bits per heavy atom. The molecule has 0 radical (unpaired) electrons. The third-order valence-corrected chi connectivity index (χ3v) is 3.51. The highest BCUT2D eigenvalue weighted by Gasteiger charge is 2.24. The normalized spacial score (nSPS) is 20.1. The van der Waals surface area contributed by atoms with E-state index in [9.17, 15) is 0 Å². The van der Waals surface area contributed by atoms with E-state index in [4.69, 9.17) is 9.26 Å². The van der Waals surface area contributed by atoms with Crippen molar-refractivity contribution < 1.29 is 9.26 Å². The molecule has 5 heteroatoms. The van der Waals surface area contributed by atoms with Crippen molar-refractivity contribution in [2.45, 2.75) is 18.9 Å². The highest BCUT2D eigenvalue weighted by atomic mass is 16.5. The number of likely N-dealkylation sites (N-methyl/N-ethyl adjacent to an activating group) is 1. The molecule has 0 amide bonds. The molecule has 5 nitrogen and oxygen atoms in total.